The van der Waals surface area contributed by atoms with E-state index in [2.05, 4.69) is 5.32 Å². The summed E-state index contributed by atoms with van der Waals surface area (Å²) in [4.78, 5) is 24.8. The normalized spacial score (nSPS) is 17.3. The summed E-state index contributed by atoms with van der Waals surface area (Å²) in [6.07, 6.45) is 0. The third-order valence-corrected chi connectivity index (χ3v) is 6.08. The number of aliphatic hydroxyl groups excluding tert-OH is 1. The van der Waals surface area contributed by atoms with Crippen molar-refractivity contribution in [2.45, 2.75) is 11.8 Å². The van der Waals surface area contributed by atoms with Gasteiger partial charge in [0.2, 0.25) is 5.78 Å². The minimum absolute atomic E-state index is 0.00275. The summed E-state index contributed by atoms with van der Waals surface area (Å²) in [7, 11) is -2.76. The molecule has 8 heteroatoms. The fourth-order valence-corrected chi connectivity index (χ4v) is 4.28. The maximum atomic E-state index is 12.8. The maximum absolute atomic E-state index is 12.8. The van der Waals surface area contributed by atoms with E-state index in [4.69, 9.17) is 0 Å². The maximum Gasteiger partial charge on any atom is 0.265 e. The first-order valence-electron chi connectivity index (χ1n) is 8.23. The Labute approximate surface area is 157 Å². The van der Waals surface area contributed by atoms with Crippen LogP contribution in [-0.2, 0) is 10.0 Å². The standard InChI is InChI=1S/C19H18N2O5S/c1-3-20-19(24)13-8-6-7-12(11-13)17(22)16-18(23)14-9-4-5-10-15(14)27(25,26)21(16)2/h4-11,22H,3H2,1-2H3,(H,20,24). The number of benzene rings is 2. The molecule has 27 heavy (non-hydrogen) atoms. The summed E-state index contributed by atoms with van der Waals surface area (Å²) in [5.74, 6) is -1.45. The van der Waals surface area contributed by atoms with E-state index < -0.39 is 21.6 Å². The number of rotatable bonds is 3. The fourth-order valence-electron chi connectivity index (χ4n) is 2.88. The highest BCUT2D eigenvalue weighted by Crippen LogP contribution is 2.34. The molecule has 0 aliphatic carbocycles. The highest BCUT2D eigenvalue weighted by molar-refractivity contribution is 7.89. The van der Waals surface area contributed by atoms with Crippen molar-refractivity contribution >= 4 is 27.5 Å². The summed E-state index contributed by atoms with van der Waals surface area (Å²) < 4.78 is 26.2. The average molecular weight is 386 g/mol. The quantitative estimate of drug-likeness (QED) is 0.622. The largest absolute Gasteiger partial charge is 0.505 e. The predicted molar refractivity (Wildman–Crippen MR) is 99.7 cm³/mol. The number of nitrogens with one attached hydrogen (secondary N) is 1. The van der Waals surface area contributed by atoms with Gasteiger partial charge in [-0.2, -0.15) is 0 Å². The highest BCUT2D eigenvalue weighted by atomic mass is 32.2. The summed E-state index contributed by atoms with van der Waals surface area (Å²) in [6, 6.07) is 11.9. The van der Waals surface area contributed by atoms with Gasteiger partial charge < -0.3 is 10.4 Å². The van der Waals surface area contributed by atoms with Crippen LogP contribution in [0, 0.1) is 0 Å². The van der Waals surface area contributed by atoms with Gasteiger partial charge in [-0.05, 0) is 31.2 Å². The van der Waals surface area contributed by atoms with Crippen molar-refractivity contribution in [3.05, 3.63) is 70.9 Å². The number of hydrogen-bond acceptors (Lipinski definition) is 5. The molecule has 0 saturated heterocycles. The lowest BCUT2D eigenvalue weighted by atomic mass is 10.0. The zero-order valence-electron chi connectivity index (χ0n) is 14.8. The Morgan fingerprint density at radius 3 is 2.48 bits per heavy atom. The molecule has 1 aliphatic heterocycles. The fraction of sp³-hybridized carbons (Fsp3) is 0.158. The number of carbonyl (C=O) groups is 2. The molecule has 0 atom stereocenters. The van der Waals surface area contributed by atoms with Crippen LogP contribution >= 0.6 is 0 Å². The van der Waals surface area contributed by atoms with E-state index >= 15 is 0 Å². The Bertz CT molecular complexity index is 1070. The number of sulfonamides is 1. The molecule has 3 rings (SSSR count). The number of allylic oxidation sites excluding steroid dienone is 1. The number of Topliss-reactive ketones (excluding diaryl/α,β-unsaturated/α-hetero) is 1. The number of nitrogens with zero attached hydrogens (tertiary/aromatic N) is 1. The molecule has 0 spiro atoms. The van der Waals surface area contributed by atoms with Crippen LogP contribution in [0.5, 0.6) is 0 Å². The van der Waals surface area contributed by atoms with Gasteiger partial charge >= 0.3 is 0 Å². The van der Waals surface area contributed by atoms with Crippen molar-refractivity contribution in [3.63, 3.8) is 0 Å². The first-order valence-corrected chi connectivity index (χ1v) is 9.67. The lowest BCUT2D eigenvalue weighted by molar-refractivity contribution is 0.0955. The molecular weight excluding hydrogens is 368 g/mol. The van der Waals surface area contributed by atoms with E-state index in [0.29, 0.717) is 6.54 Å². The second kappa shape index (κ2) is 6.88. The van der Waals surface area contributed by atoms with Crippen molar-refractivity contribution in [3.8, 4) is 0 Å². The molecule has 0 aromatic heterocycles. The Morgan fingerprint density at radius 1 is 1.11 bits per heavy atom. The number of aliphatic hydroxyl groups is 1. The number of hydrogen-bond donors (Lipinski definition) is 2. The van der Waals surface area contributed by atoms with Crippen molar-refractivity contribution in [2.75, 3.05) is 13.6 Å². The molecular formula is C19H18N2O5S. The zero-order chi connectivity index (χ0) is 19.8. The van der Waals surface area contributed by atoms with Crippen LogP contribution in [0.15, 0.2) is 59.1 Å². The van der Waals surface area contributed by atoms with Gasteiger partial charge in [-0.1, -0.05) is 24.3 Å². The van der Waals surface area contributed by atoms with Gasteiger partial charge in [0.15, 0.2) is 5.76 Å². The number of carbonyl (C=O) groups excluding carboxylic acids is 2. The molecule has 0 bridgehead atoms. The van der Waals surface area contributed by atoms with E-state index in [1.54, 1.807) is 25.1 Å². The molecule has 1 amide bonds. The summed E-state index contributed by atoms with van der Waals surface area (Å²) >= 11 is 0. The van der Waals surface area contributed by atoms with Gasteiger partial charge in [0.25, 0.3) is 15.9 Å². The molecule has 2 aromatic rings. The second-order valence-electron chi connectivity index (χ2n) is 5.94. The summed E-state index contributed by atoms with van der Waals surface area (Å²) in [5, 5.41) is 13.3. The van der Waals surface area contributed by atoms with Crippen LogP contribution in [0.25, 0.3) is 5.76 Å². The zero-order valence-corrected chi connectivity index (χ0v) is 15.6. The van der Waals surface area contributed by atoms with E-state index in [-0.39, 0.29) is 33.2 Å². The molecule has 2 N–H and O–H groups in total. The smallest absolute Gasteiger partial charge is 0.265 e. The predicted octanol–water partition coefficient (Wildman–Crippen LogP) is 2.18. The Kier molecular flexibility index (Phi) is 4.75. The Hall–Kier alpha value is -3.13. The third kappa shape index (κ3) is 3.08. The highest BCUT2D eigenvalue weighted by Gasteiger charge is 2.39. The van der Waals surface area contributed by atoms with Gasteiger partial charge in [-0.15, -0.1) is 0 Å². The molecule has 0 radical (unpaired) electrons. The molecule has 0 fully saturated rings. The van der Waals surface area contributed by atoms with Crippen LogP contribution in [0.4, 0.5) is 0 Å². The van der Waals surface area contributed by atoms with Crippen LogP contribution in [0.2, 0.25) is 0 Å². The minimum atomic E-state index is -3.98. The molecule has 7 nitrogen and oxygen atoms in total. The van der Waals surface area contributed by atoms with Gasteiger partial charge in [0.1, 0.15) is 5.70 Å². The molecule has 2 aromatic carbocycles. The van der Waals surface area contributed by atoms with E-state index in [1.165, 1.54) is 37.4 Å². The van der Waals surface area contributed by atoms with Gasteiger partial charge in [0, 0.05) is 30.3 Å². The number of amides is 1. The van der Waals surface area contributed by atoms with Crippen molar-refractivity contribution < 1.29 is 23.1 Å². The molecule has 140 valence electrons. The second-order valence-corrected chi connectivity index (χ2v) is 7.87. The Morgan fingerprint density at radius 2 is 1.78 bits per heavy atom. The first kappa shape index (κ1) is 18.7. The number of likely N-dealkylation sites (N-methyl/N-ethyl adjacent to an activating group) is 1. The molecule has 1 aliphatic rings. The lowest BCUT2D eigenvalue weighted by Crippen LogP contribution is -2.37. The van der Waals surface area contributed by atoms with Crippen LogP contribution in [-0.4, -0.2) is 43.1 Å². The van der Waals surface area contributed by atoms with Crippen LogP contribution in [0.3, 0.4) is 0 Å². The topological polar surface area (TPSA) is 104 Å². The third-order valence-electron chi connectivity index (χ3n) is 4.26. The molecule has 0 unspecified atom stereocenters. The molecule has 1 heterocycles. The van der Waals surface area contributed by atoms with E-state index in [1.807, 2.05) is 0 Å². The molecule has 0 saturated carbocycles. The number of ketones is 1. The summed E-state index contributed by atoms with van der Waals surface area (Å²) in [5.41, 5.74) is 0.0954. The van der Waals surface area contributed by atoms with Crippen LogP contribution in [0.1, 0.15) is 33.2 Å². The van der Waals surface area contributed by atoms with Gasteiger partial charge in [-0.3, -0.25) is 13.9 Å². The Balaban J connectivity index is 2.17. The van der Waals surface area contributed by atoms with Gasteiger partial charge in [-0.25, -0.2) is 8.42 Å². The van der Waals surface area contributed by atoms with Gasteiger partial charge in [0.05, 0.1) is 4.90 Å². The first-order chi connectivity index (χ1) is 12.8. The monoisotopic (exact) mass is 386 g/mol. The van der Waals surface area contributed by atoms with E-state index in [0.717, 1.165) is 4.31 Å². The van der Waals surface area contributed by atoms with Crippen molar-refractivity contribution in [2.24, 2.45) is 0 Å². The minimum Gasteiger partial charge on any atom is -0.505 e. The SMILES string of the molecule is CCNC(=O)c1cccc(C(O)=C2C(=O)c3ccccc3S(=O)(=O)N2C)c1. The average Bonchev–Trinajstić information content (AvgIpc) is 2.67. The number of fused-ring (bicyclic) bond motifs is 1. The summed E-state index contributed by atoms with van der Waals surface area (Å²) in [6.45, 7) is 2.21. The van der Waals surface area contributed by atoms with Crippen LogP contribution < -0.4 is 5.32 Å². The van der Waals surface area contributed by atoms with Crippen molar-refractivity contribution in [1.29, 1.82) is 0 Å². The van der Waals surface area contributed by atoms with Crippen molar-refractivity contribution in [1.82, 2.24) is 9.62 Å². The lowest BCUT2D eigenvalue weighted by Gasteiger charge is -2.28. The van der Waals surface area contributed by atoms with E-state index in [9.17, 15) is 23.1 Å².